The third-order valence-corrected chi connectivity index (χ3v) is 17.6. The lowest BCUT2D eigenvalue weighted by molar-refractivity contribution is -0.148. The van der Waals surface area contributed by atoms with E-state index in [1.54, 1.807) is 52.3 Å². The van der Waals surface area contributed by atoms with Gasteiger partial charge in [-0.3, -0.25) is 14.4 Å². The number of thiazole rings is 2. The lowest BCUT2D eigenvalue weighted by Gasteiger charge is -2.45. The number of esters is 1. The summed E-state index contributed by atoms with van der Waals surface area (Å²) in [6.07, 6.45) is -1.43. The van der Waals surface area contributed by atoms with E-state index in [0.717, 1.165) is 10.4 Å². The number of methoxy groups -OCH3 is 1. The van der Waals surface area contributed by atoms with Crippen LogP contribution in [0.3, 0.4) is 0 Å². The first kappa shape index (κ1) is 51.7. The van der Waals surface area contributed by atoms with Crippen molar-refractivity contribution >= 4 is 71.1 Å². The minimum atomic E-state index is -3.15. The molecule has 0 aliphatic rings. The van der Waals surface area contributed by atoms with Gasteiger partial charge in [0.2, 0.25) is 5.91 Å². The van der Waals surface area contributed by atoms with Crippen LogP contribution in [0.15, 0.2) is 71.4 Å². The molecule has 348 valence electrons. The van der Waals surface area contributed by atoms with Crippen molar-refractivity contribution in [2.75, 3.05) is 7.11 Å². The van der Waals surface area contributed by atoms with E-state index in [9.17, 15) is 24.0 Å². The van der Waals surface area contributed by atoms with Gasteiger partial charge in [0.05, 0.1) is 25.3 Å². The van der Waals surface area contributed by atoms with Gasteiger partial charge in [-0.25, -0.2) is 19.6 Å². The zero-order valence-electron chi connectivity index (χ0n) is 39.5. The summed E-state index contributed by atoms with van der Waals surface area (Å²) in [6, 6.07) is 16.6. The lowest BCUT2D eigenvalue weighted by atomic mass is 10.0. The summed E-state index contributed by atoms with van der Waals surface area (Å²) in [5.74, 6) is -2.88. The normalized spacial score (nSPS) is 14.6. The van der Waals surface area contributed by atoms with Gasteiger partial charge in [-0.15, -0.1) is 22.7 Å². The van der Waals surface area contributed by atoms with Gasteiger partial charge in [-0.05, 0) is 60.9 Å². The number of hydrogen-bond donors (Lipinski definition) is 4. The molecule has 0 radical (unpaired) electrons. The minimum Gasteiger partial charge on any atom is -0.467 e. The minimum absolute atomic E-state index is 0.0359. The fraction of sp³-hybridized carbons (Fsp3) is 0.511. The van der Waals surface area contributed by atoms with Gasteiger partial charge in [0.15, 0.2) is 6.04 Å². The standard InChI is InChI=1S/C47H66N6O8S2Si/c1-27(2)35(41(56)52-38(44(57)59-14)30(7)61-64(47(11,12)13,31-21-17-15-18-22-31)32-23-19-16-20-24-32)50-39(54)33-25-62-42(48-33)36(28(3)4)51-40(55)34-26-63-43(49-34)37(29(5)6)53-45(58)60-46(8,9)10/h15-30,35-38H,1-14H3,(H,50,54)(H,51,55)(H,52,56)(H,53,58)/t30-,35+,36+,37+,38+/m1/s1. The molecular weight excluding hydrogens is 869 g/mol. The molecule has 5 atom stereocenters. The van der Waals surface area contributed by atoms with Crippen molar-refractivity contribution < 1.29 is 37.9 Å². The van der Waals surface area contributed by atoms with Crippen molar-refractivity contribution in [3.8, 4) is 0 Å². The summed E-state index contributed by atoms with van der Waals surface area (Å²) >= 11 is 2.47. The first-order valence-electron chi connectivity index (χ1n) is 21.6. The van der Waals surface area contributed by atoms with Crippen LogP contribution in [-0.2, 0) is 23.5 Å². The number of carbonyl (C=O) groups excluding carboxylic acids is 5. The summed E-state index contributed by atoms with van der Waals surface area (Å²) in [4.78, 5) is 76.8. The summed E-state index contributed by atoms with van der Waals surface area (Å²) in [6.45, 7) is 24.8. The molecule has 0 spiro atoms. The largest absolute Gasteiger partial charge is 0.467 e. The van der Waals surface area contributed by atoms with Crippen molar-refractivity contribution in [2.45, 2.75) is 131 Å². The van der Waals surface area contributed by atoms with Crippen LogP contribution in [0.2, 0.25) is 5.04 Å². The number of nitrogens with zero attached hydrogens (tertiary/aromatic N) is 2. The van der Waals surface area contributed by atoms with E-state index in [-0.39, 0.29) is 23.2 Å². The second-order valence-corrected chi connectivity index (χ2v) is 24.9. The fourth-order valence-corrected chi connectivity index (χ4v) is 14.0. The smallest absolute Gasteiger partial charge is 0.408 e. The van der Waals surface area contributed by atoms with Crippen molar-refractivity contribution in [3.05, 3.63) is 92.8 Å². The fourth-order valence-electron chi connectivity index (χ4n) is 7.27. The number of aromatic nitrogens is 2. The predicted molar refractivity (Wildman–Crippen MR) is 254 cm³/mol. The van der Waals surface area contributed by atoms with Crippen LogP contribution in [0.25, 0.3) is 0 Å². The molecule has 2 heterocycles. The third kappa shape index (κ3) is 12.9. The Kier molecular flexibility index (Phi) is 17.6. The summed E-state index contributed by atoms with van der Waals surface area (Å²) in [5.41, 5.74) is -0.431. The van der Waals surface area contributed by atoms with E-state index >= 15 is 0 Å². The lowest BCUT2D eigenvalue weighted by Crippen LogP contribution is -2.69. The Hall–Kier alpha value is -4.97. The quantitative estimate of drug-likeness (QED) is 0.0582. The Balaban J connectivity index is 1.52. The molecule has 17 heteroatoms. The van der Waals surface area contributed by atoms with Crippen LogP contribution in [0.1, 0.15) is 133 Å². The molecule has 14 nitrogen and oxygen atoms in total. The first-order chi connectivity index (χ1) is 29.9. The molecule has 2 aromatic heterocycles. The van der Waals surface area contributed by atoms with Gasteiger partial charge in [0.1, 0.15) is 33.0 Å². The van der Waals surface area contributed by atoms with Crippen molar-refractivity contribution in [1.29, 1.82) is 0 Å². The number of hydrogen-bond acceptors (Lipinski definition) is 12. The highest BCUT2D eigenvalue weighted by Gasteiger charge is 2.52. The van der Waals surface area contributed by atoms with Crippen LogP contribution >= 0.6 is 22.7 Å². The highest BCUT2D eigenvalue weighted by Crippen LogP contribution is 2.38. The Morgan fingerprint density at radius 3 is 1.47 bits per heavy atom. The van der Waals surface area contributed by atoms with E-state index in [2.05, 4.69) is 52.0 Å². The molecule has 0 unspecified atom stereocenters. The highest BCUT2D eigenvalue weighted by molar-refractivity contribution is 7.10. The maximum absolute atomic E-state index is 14.2. The second-order valence-electron chi connectivity index (χ2n) is 18.9. The zero-order chi connectivity index (χ0) is 47.7. The van der Waals surface area contributed by atoms with E-state index in [1.165, 1.54) is 29.8 Å². The molecule has 0 saturated carbocycles. The van der Waals surface area contributed by atoms with Gasteiger partial charge >= 0.3 is 12.1 Å². The molecule has 4 rings (SSSR count). The first-order valence-corrected chi connectivity index (χ1v) is 25.3. The monoisotopic (exact) mass is 934 g/mol. The van der Waals surface area contributed by atoms with Crippen LogP contribution in [0.5, 0.6) is 0 Å². The van der Waals surface area contributed by atoms with Crippen LogP contribution in [-0.4, -0.2) is 79.0 Å². The Morgan fingerprint density at radius 2 is 1.06 bits per heavy atom. The molecule has 0 aliphatic heterocycles. The van der Waals surface area contributed by atoms with Gasteiger partial charge in [0, 0.05) is 10.8 Å². The zero-order valence-corrected chi connectivity index (χ0v) is 42.2. The van der Waals surface area contributed by atoms with Gasteiger partial charge in [-0.1, -0.05) is 123 Å². The molecule has 4 N–H and O–H groups in total. The summed E-state index contributed by atoms with van der Waals surface area (Å²) in [7, 11) is -1.89. The number of alkyl carbamates (subject to hydrolysis) is 1. The average molecular weight is 935 g/mol. The molecule has 4 aromatic rings. The van der Waals surface area contributed by atoms with Crippen molar-refractivity contribution in [2.24, 2.45) is 17.8 Å². The van der Waals surface area contributed by atoms with Crippen LogP contribution in [0, 0.1) is 17.8 Å². The molecule has 64 heavy (non-hydrogen) atoms. The number of rotatable bonds is 18. The number of nitrogens with one attached hydrogen (secondary N) is 4. The molecule has 0 bridgehead atoms. The Labute approximate surface area is 387 Å². The maximum Gasteiger partial charge on any atom is 0.408 e. The van der Waals surface area contributed by atoms with E-state index in [1.807, 2.05) is 88.4 Å². The predicted octanol–water partition coefficient (Wildman–Crippen LogP) is 7.33. The summed E-state index contributed by atoms with van der Waals surface area (Å²) in [5, 5.41) is 17.4. The number of ether oxygens (including phenoxy) is 2. The average Bonchev–Trinajstić information content (AvgIpc) is 3.92. The number of carbonyl (C=O) groups is 5. The number of amides is 4. The van der Waals surface area contributed by atoms with Crippen LogP contribution < -0.4 is 31.6 Å². The molecule has 0 fully saturated rings. The van der Waals surface area contributed by atoms with Gasteiger partial charge in [-0.2, -0.15) is 0 Å². The van der Waals surface area contributed by atoms with Crippen molar-refractivity contribution in [1.82, 2.24) is 31.2 Å². The van der Waals surface area contributed by atoms with Gasteiger partial charge < -0.3 is 35.2 Å². The topological polar surface area (TPSA) is 187 Å². The van der Waals surface area contributed by atoms with Gasteiger partial charge in [0.25, 0.3) is 20.1 Å². The Bertz CT molecular complexity index is 2160. The molecule has 2 aromatic carbocycles. The molecule has 4 amide bonds. The highest BCUT2D eigenvalue weighted by atomic mass is 32.1. The maximum atomic E-state index is 14.2. The SMILES string of the molecule is COC(=O)[C@@H](NC(=O)[C@@H](NC(=O)c1csc([C@@H](NC(=O)c2csc([C@@H](NC(=O)OC(C)(C)C)C(C)C)n2)C(C)C)n1)C(C)C)[C@@H](C)O[Si](c1ccccc1)(c1ccccc1)C(C)(C)C. The Morgan fingerprint density at radius 1 is 0.609 bits per heavy atom. The number of benzene rings is 2. The third-order valence-electron chi connectivity index (χ3n) is 10.6. The molecule has 0 aliphatic carbocycles. The van der Waals surface area contributed by atoms with E-state index < -0.39 is 84.9 Å². The van der Waals surface area contributed by atoms with E-state index in [0.29, 0.717) is 10.0 Å². The second kappa shape index (κ2) is 21.8. The van der Waals surface area contributed by atoms with Crippen molar-refractivity contribution in [3.63, 3.8) is 0 Å². The van der Waals surface area contributed by atoms with E-state index in [4.69, 9.17) is 13.9 Å². The summed E-state index contributed by atoms with van der Waals surface area (Å²) < 4.78 is 17.8. The molecular formula is C47H66N6O8S2Si. The van der Waals surface area contributed by atoms with Crippen LogP contribution in [0.4, 0.5) is 4.79 Å². The molecule has 0 saturated heterocycles.